The molecule has 0 aliphatic rings. The number of carbonyl (C=O) groups excluding carboxylic acids is 1. The lowest BCUT2D eigenvalue weighted by atomic mass is 10.1. The Morgan fingerprint density at radius 1 is 1.22 bits per heavy atom. The van der Waals surface area contributed by atoms with Crippen molar-refractivity contribution in [3.8, 4) is 0 Å². The lowest BCUT2D eigenvalue weighted by Crippen LogP contribution is -2.15. The van der Waals surface area contributed by atoms with Gasteiger partial charge in [-0.25, -0.2) is 9.37 Å². The summed E-state index contributed by atoms with van der Waals surface area (Å²) >= 11 is 11.8. The van der Waals surface area contributed by atoms with E-state index >= 15 is 0 Å². The molecule has 0 atom stereocenters. The van der Waals surface area contributed by atoms with E-state index in [9.17, 15) is 9.18 Å². The van der Waals surface area contributed by atoms with Crippen molar-refractivity contribution in [3.05, 3.63) is 63.6 Å². The van der Waals surface area contributed by atoms with Gasteiger partial charge in [-0.05, 0) is 37.3 Å². The molecular weight excluding hydrogens is 340 g/mol. The number of fused-ring (bicyclic) bond motifs is 1. The molecule has 116 valence electrons. The number of carbonyl (C=O) groups is 1. The Hall–Kier alpha value is -2.24. The van der Waals surface area contributed by atoms with Crippen LogP contribution in [0, 0.1) is 12.7 Å². The molecule has 1 aromatic carbocycles. The van der Waals surface area contributed by atoms with E-state index < -0.39 is 11.7 Å². The smallest absolute Gasteiger partial charge is 0.258 e. The molecule has 2 aromatic heterocycles. The fourth-order valence-electron chi connectivity index (χ4n) is 2.15. The third-order valence-electron chi connectivity index (χ3n) is 3.25. The summed E-state index contributed by atoms with van der Waals surface area (Å²) in [6.07, 6.45) is 1.38. The number of nitrogens with zero attached hydrogens (tertiary/aromatic N) is 2. The average molecular weight is 350 g/mol. The molecule has 0 spiro atoms. The number of aryl methyl sites for hydroxylation is 1. The maximum atomic E-state index is 13.3. The normalized spacial score (nSPS) is 10.8. The van der Waals surface area contributed by atoms with E-state index in [0.717, 1.165) is 0 Å². The summed E-state index contributed by atoms with van der Waals surface area (Å²) in [6.45, 7) is 1.70. The van der Waals surface area contributed by atoms with Crippen molar-refractivity contribution < 1.29 is 9.18 Å². The monoisotopic (exact) mass is 349 g/mol. The van der Waals surface area contributed by atoms with Crippen LogP contribution in [0.1, 0.15) is 16.1 Å². The minimum absolute atomic E-state index is 0.194. The number of hydrogen-bond donors (Lipinski definition) is 1. The number of halogens is 3. The van der Waals surface area contributed by atoms with Crippen LogP contribution in [0.15, 0.2) is 36.5 Å². The summed E-state index contributed by atoms with van der Waals surface area (Å²) in [6, 6.07) is 7.28. The molecule has 23 heavy (non-hydrogen) atoms. The lowest BCUT2D eigenvalue weighted by molar-refractivity contribution is 0.102. The zero-order valence-electron chi connectivity index (χ0n) is 11.9. The molecule has 0 saturated heterocycles. The number of nitrogens with one attached hydrogen (secondary N) is 1. The van der Waals surface area contributed by atoms with Crippen molar-refractivity contribution in [1.82, 2.24) is 9.97 Å². The fourth-order valence-corrected chi connectivity index (χ4v) is 2.58. The highest BCUT2D eigenvalue weighted by molar-refractivity contribution is 6.36. The van der Waals surface area contributed by atoms with Gasteiger partial charge in [-0.1, -0.05) is 23.2 Å². The Balaban J connectivity index is 1.98. The summed E-state index contributed by atoms with van der Waals surface area (Å²) in [5.41, 5.74) is 1.45. The van der Waals surface area contributed by atoms with Crippen LogP contribution in [-0.4, -0.2) is 15.9 Å². The van der Waals surface area contributed by atoms with E-state index in [0.29, 0.717) is 27.2 Å². The van der Waals surface area contributed by atoms with E-state index in [1.165, 1.54) is 24.4 Å². The summed E-state index contributed by atoms with van der Waals surface area (Å²) in [4.78, 5) is 20.7. The second-order valence-electron chi connectivity index (χ2n) is 4.90. The van der Waals surface area contributed by atoms with Gasteiger partial charge < -0.3 is 5.32 Å². The molecule has 4 nitrogen and oxygen atoms in total. The first-order valence-corrected chi connectivity index (χ1v) is 7.39. The topological polar surface area (TPSA) is 54.9 Å². The van der Waals surface area contributed by atoms with Crippen LogP contribution in [-0.2, 0) is 0 Å². The fraction of sp³-hybridized carbons (Fsp3) is 0.0625. The van der Waals surface area contributed by atoms with Crippen LogP contribution >= 0.6 is 23.2 Å². The molecule has 0 saturated carbocycles. The number of pyridine rings is 2. The van der Waals surface area contributed by atoms with Crippen molar-refractivity contribution in [3.63, 3.8) is 0 Å². The second-order valence-corrected chi connectivity index (χ2v) is 5.74. The van der Waals surface area contributed by atoms with E-state index in [4.69, 9.17) is 23.2 Å². The maximum Gasteiger partial charge on any atom is 0.258 e. The number of hydrogen-bond acceptors (Lipinski definition) is 3. The van der Waals surface area contributed by atoms with Crippen molar-refractivity contribution in [2.45, 2.75) is 6.92 Å². The predicted molar refractivity (Wildman–Crippen MR) is 88.6 cm³/mol. The standard InChI is InChI=1S/C16H10Cl2FN3O/c1-8-12(5-9-4-11(19)2-3-14(9)21-8)16(23)22-15-13(18)6-10(17)7-20-15/h2-7H,1H3,(H,20,22,23). The Labute approximate surface area is 141 Å². The minimum atomic E-state index is -0.433. The molecule has 3 aromatic rings. The van der Waals surface area contributed by atoms with Gasteiger partial charge in [0.15, 0.2) is 5.82 Å². The Kier molecular flexibility index (Phi) is 4.15. The second kappa shape index (κ2) is 6.10. The Morgan fingerprint density at radius 2 is 2.00 bits per heavy atom. The molecule has 0 fully saturated rings. The molecule has 1 N–H and O–H groups in total. The van der Waals surface area contributed by atoms with Crippen molar-refractivity contribution in [1.29, 1.82) is 0 Å². The summed E-state index contributed by atoms with van der Waals surface area (Å²) in [5.74, 6) is -0.630. The molecule has 0 radical (unpaired) electrons. The first-order valence-electron chi connectivity index (χ1n) is 6.63. The van der Waals surface area contributed by atoms with E-state index in [-0.39, 0.29) is 10.8 Å². The Morgan fingerprint density at radius 3 is 2.74 bits per heavy atom. The highest BCUT2D eigenvalue weighted by Gasteiger charge is 2.14. The van der Waals surface area contributed by atoms with Gasteiger partial charge in [0, 0.05) is 11.6 Å². The number of rotatable bonds is 2. The van der Waals surface area contributed by atoms with Gasteiger partial charge in [0.1, 0.15) is 5.82 Å². The van der Waals surface area contributed by atoms with Crippen LogP contribution in [0.2, 0.25) is 10.0 Å². The zero-order chi connectivity index (χ0) is 16.6. The third kappa shape index (κ3) is 3.25. The van der Waals surface area contributed by atoms with Gasteiger partial charge in [-0.15, -0.1) is 0 Å². The van der Waals surface area contributed by atoms with Crippen molar-refractivity contribution in [2.24, 2.45) is 0 Å². The number of benzene rings is 1. The highest BCUT2D eigenvalue weighted by atomic mass is 35.5. The van der Waals surface area contributed by atoms with Gasteiger partial charge in [0.05, 0.1) is 26.8 Å². The maximum absolute atomic E-state index is 13.3. The van der Waals surface area contributed by atoms with Crippen LogP contribution < -0.4 is 5.32 Å². The van der Waals surface area contributed by atoms with E-state index in [1.54, 1.807) is 19.1 Å². The van der Waals surface area contributed by atoms with Crippen LogP contribution in [0.25, 0.3) is 10.9 Å². The van der Waals surface area contributed by atoms with Gasteiger partial charge in [0.2, 0.25) is 0 Å². The van der Waals surface area contributed by atoms with Gasteiger partial charge >= 0.3 is 0 Å². The van der Waals surface area contributed by atoms with Crippen molar-refractivity contribution in [2.75, 3.05) is 5.32 Å². The van der Waals surface area contributed by atoms with Gasteiger partial charge in [-0.3, -0.25) is 9.78 Å². The molecule has 3 rings (SSSR count). The number of amides is 1. The lowest BCUT2D eigenvalue weighted by Gasteiger charge is -2.09. The van der Waals surface area contributed by atoms with Crippen LogP contribution in [0.5, 0.6) is 0 Å². The quantitative estimate of drug-likeness (QED) is 0.733. The van der Waals surface area contributed by atoms with Gasteiger partial charge in [-0.2, -0.15) is 0 Å². The SMILES string of the molecule is Cc1nc2ccc(F)cc2cc1C(=O)Nc1ncc(Cl)cc1Cl. The van der Waals surface area contributed by atoms with E-state index in [2.05, 4.69) is 15.3 Å². The Bertz CT molecular complexity index is 931. The van der Waals surface area contributed by atoms with E-state index in [1.807, 2.05) is 0 Å². The van der Waals surface area contributed by atoms with Crippen molar-refractivity contribution >= 4 is 45.8 Å². The molecular formula is C16H10Cl2FN3O. The van der Waals surface area contributed by atoms with Gasteiger partial charge in [0.25, 0.3) is 5.91 Å². The molecule has 0 unspecified atom stereocenters. The molecule has 7 heteroatoms. The van der Waals surface area contributed by atoms with Crippen LogP contribution in [0.4, 0.5) is 10.2 Å². The third-order valence-corrected chi connectivity index (χ3v) is 3.75. The number of anilines is 1. The molecule has 0 aliphatic carbocycles. The molecule has 0 aliphatic heterocycles. The first-order chi connectivity index (χ1) is 10.9. The summed E-state index contributed by atoms with van der Waals surface area (Å²) in [7, 11) is 0. The zero-order valence-corrected chi connectivity index (χ0v) is 13.4. The molecule has 2 heterocycles. The summed E-state index contributed by atoms with van der Waals surface area (Å²) in [5, 5.41) is 3.73. The highest BCUT2D eigenvalue weighted by Crippen LogP contribution is 2.24. The van der Waals surface area contributed by atoms with Crippen LogP contribution in [0.3, 0.4) is 0 Å². The molecule has 1 amide bonds. The molecule has 0 bridgehead atoms. The number of aromatic nitrogens is 2. The average Bonchev–Trinajstić information content (AvgIpc) is 2.49. The minimum Gasteiger partial charge on any atom is -0.305 e. The predicted octanol–water partition coefficient (Wildman–Crippen LogP) is 4.64. The summed E-state index contributed by atoms with van der Waals surface area (Å²) < 4.78 is 13.3. The first kappa shape index (κ1) is 15.6. The largest absolute Gasteiger partial charge is 0.305 e.